The second kappa shape index (κ2) is 4.76. The minimum Gasteiger partial charge on any atom is -0.371 e. The molecule has 1 aromatic carbocycles. The van der Waals surface area contributed by atoms with Gasteiger partial charge in [0.25, 0.3) is 0 Å². The molecule has 0 radical (unpaired) electrons. The third kappa shape index (κ3) is 2.77. The molecule has 0 spiro atoms. The average molecular weight is 283 g/mol. The maximum absolute atomic E-state index is 5.89. The molecule has 1 aromatic rings. The monoisotopic (exact) mass is 282 g/mol. The second-order valence-electron chi connectivity index (χ2n) is 4.80. The molecule has 88 valence electrons. The summed E-state index contributed by atoms with van der Waals surface area (Å²) in [5, 5.41) is 0. The Bertz CT molecular complexity index is 372. The average Bonchev–Trinajstić information content (AvgIpc) is 3.02. The van der Waals surface area contributed by atoms with Crippen LogP contribution < -0.4 is 10.6 Å². The lowest BCUT2D eigenvalue weighted by molar-refractivity contribution is 0.733. The molecule has 2 N–H and O–H groups in total. The fraction of sp³-hybridized carbons (Fsp3) is 0.538. The van der Waals surface area contributed by atoms with E-state index in [1.807, 2.05) is 0 Å². The first-order chi connectivity index (χ1) is 7.58. The molecule has 1 unspecified atom stereocenters. The normalized spacial score (nSPS) is 17.2. The quantitative estimate of drug-likeness (QED) is 0.920. The second-order valence-corrected chi connectivity index (χ2v) is 5.71. The van der Waals surface area contributed by atoms with Crippen LogP contribution in [0.5, 0.6) is 0 Å². The summed E-state index contributed by atoms with van der Waals surface area (Å²) < 4.78 is 1.14. The molecule has 0 saturated heterocycles. The topological polar surface area (TPSA) is 29.3 Å². The minimum absolute atomic E-state index is 0.215. The van der Waals surface area contributed by atoms with Crippen molar-refractivity contribution in [1.29, 1.82) is 0 Å². The predicted molar refractivity (Wildman–Crippen MR) is 72.9 cm³/mol. The van der Waals surface area contributed by atoms with Gasteiger partial charge in [0.1, 0.15) is 0 Å². The van der Waals surface area contributed by atoms with E-state index in [1.165, 1.54) is 24.1 Å². The summed E-state index contributed by atoms with van der Waals surface area (Å²) in [6.45, 7) is 2.06. The van der Waals surface area contributed by atoms with E-state index >= 15 is 0 Å². The number of halogens is 1. The summed E-state index contributed by atoms with van der Waals surface area (Å²) >= 11 is 3.54. The zero-order valence-corrected chi connectivity index (χ0v) is 11.5. The van der Waals surface area contributed by atoms with Crippen molar-refractivity contribution in [3.8, 4) is 0 Å². The van der Waals surface area contributed by atoms with E-state index in [4.69, 9.17) is 5.73 Å². The van der Waals surface area contributed by atoms with Gasteiger partial charge in [0, 0.05) is 29.3 Å². The number of anilines is 1. The van der Waals surface area contributed by atoms with Gasteiger partial charge in [-0.1, -0.05) is 22.0 Å². The molecule has 1 aliphatic carbocycles. The van der Waals surface area contributed by atoms with Crippen LogP contribution in [0.1, 0.15) is 25.3 Å². The molecule has 0 aliphatic heterocycles. The molecule has 16 heavy (non-hydrogen) atoms. The summed E-state index contributed by atoms with van der Waals surface area (Å²) in [6, 6.07) is 7.44. The third-order valence-electron chi connectivity index (χ3n) is 3.06. The van der Waals surface area contributed by atoms with Crippen LogP contribution in [-0.2, 0) is 6.42 Å². The minimum atomic E-state index is 0.215. The smallest absolute Gasteiger partial charge is 0.0410 e. The van der Waals surface area contributed by atoms with Crippen LogP contribution >= 0.6 is 15.9 Å². The van der Waals surface area contributed by atoms with E-state index in [0.717, 1.165) is 16.9 Å². The van der Waals surface area contributed by atoms with Gasteiger partial charge in [0.05, 0.1) is 0 Å². The Labute approximate surface area is 106 Å². The molecular formula is C13H19BrN2. The van der Waals surface area contributed by atoms with Gasteiger partial charge in [-0.25, -0.2) is 0 Å². The highest BCUT2D eigenvalue weighted by molar-refractivity contribution is 9.10. The maximum atomic E-state index is 5.89. The predicted octanol–water partition coefficient (Wildman–Crippen LogP) is 2.94. The Morgan fingerprint density at radius 3 is 2.75 bits per heavy atom. The van der Waals surface area contributed by atoms with Crippen molar-refractivity contribution in [1.82, 2.24) is 0 Å². The highest BCUT2D eigenvalue weighted by Crippen LogP contribution is 2.34. The number of hydrogen-bond donors (Lipinski definition) is 1. The molecule has 0 bridgehead atoms. The van der Waals surface area contributed by atoms with Crippen molar-refractivity contribution in [2.45, 2.75) is 38.3 Å². The number of hydrogen-bond acceptors (Lipinski definition) is 2. The van der Waals surface area contributed by atoms with Crippen LogP contribution in [0.25, 0.3) is 0 Å². The molecule has 1 saturated carbocycles. The van der Waals surface area contributed by atoms with Crippen LogP contribution in [0.15, 0.2) is 22.7 Å². The molecule has 3 heteroatoms. The molecule has 1 atom stereocenters. The molecule has 0 aromatic heterocycles. The van der Waals surface area contributed by atoms with Crippen molar-refractivity contribution in [3.63, 3.8) is 0 Å². The number of nitrogens with two attached hydrogens (primary N) is 1. The largest absolute Gasteiger partial charge is 0.371 e. The van der Waals surface area contributed by atoms with Crippen LogP contribution in [0.3, 0.4) is 0 Å². The van der Waals surface area contributed by atoms with E-state index in [-0.39, 0.29) is 6.04 Å². The molecular weight excluding hydrogens is 264 g/mol. The Balaban J connectivity index is 2.27. The van der Waals surface area contributed by atoms with Crippen LogP contribution in [-0.4, -0.2) is 19.1 Å². The lowest BCUT2D eigenvalue weighted by atomic mass is 10.0. The van der Waals surface area contributed by atoms with E-state index < -0.39 is 0 Å². The summed E-state index contributed by atoms with van der Waals surface area (Å²) in [4.78, 5) is 2.39. The summed E-state index contributed by atoms with van der Waals surface area (Å²) in [5.41, 5.74) is 8.58. The van der Waals surface area contributed by atoms with Crippen molar-refractivity contribution in [2.75, 3.05) is 11.9 Å². The first kappa shape index (κ1) is 11.9. The van der Waals surface area contributed by atoms with Crippen molar-refractivity contribution in [2.24, 2.45) is 5.73 Å². The summed E-state index contributed by atoms with van der Waals surface area (Å²) in [6.07, 6.45) is 3.58. The lowest BCUT2D eigenvalue weighted by Crippen LogP contribution is -2.24. The summed E-state index contributed by atoms with van der Waals surface area (Å²) in [5.74, 6) is 0. The van der Waals surface area contributed by atoms with Crippen molar-refractivity contribution >= 4 is 21.6 Å². The Kier molecular flexibility index (Phi) is 3.55. The van der Waals surface area contributed by atoms with Gasteiger partial charge >= 0.3 is 0 Å². The molecule has 1 aliphatic rings. The Hall–Kier alpha value is -0.540. The SMILES string of the molecule is CC(N)Cc1ccc(Br)cc1N(C)C1CC1. The number of benzene rings is 1. The Morgan fingerprint density at radius 2 is 2.19 bits per heavy atom. The standard InChI is InChI=1S/C13H19BrN2/c1-9(15)7-10-3-4-11(14)8-13(10)16(2)12-5-6-12/h3-4,8-9,12H,5-7,15H2,1-2H3. The van der Waals surface area contributed by atoms with Gasteiger partial charge in [-0.05, 0) is 43.9 Å². The van der Waals surface area contributed by atoms with Gasteiger partial charge in [-0.2, -0.15) is 0 Å². The molecule has 1 fully saturated rings. The first-order valence-corrected chi connectivity index (χ1v) is 6.64. The van der Waals surface area contributed by atoms with E-state index in [2.05, 4.69) is 53.0 Å². The highest BCUT2D eigenvalue weighted by atomic mass is 79.9. The lowest BCUT2D eigenvalue weighted by Gasteiger charge is -2.23. The van der Waals surface area contributed by atoms with Crippen molar-refractivity contribution < 1.29 is 0 Å². The van der Waals surface area contributed by atoms with E-state index in [9.17, 15) is 0 Å². The summed E-state index contributed by atoms with van der Waals surface area (Å²) in [7, 11) is 2.18. The maximum Gasteiger partial charge on any atom is 0.0410 e. The third-order valence-corrected chi connectivity index (χ3v) is 3.56. The zero-order chi connectivity index (χ0) is 11.7. The first-order valence-electron chi connectivity index (χ1n) is 5.85. The molecule has 2 rings (SSSR count). The van der Waals surface area contributed by atoms with Gasteiger partial charge in [-0.15, -0.1) is 0 Å². The van der Waals surface area contributed by atoms with Gasteiger partial charge in [0.2, 0.25) is 0 Å². The van der Waals surface area contributed by atoms with E-state index in [1.54, 1.807) is 0 Å². The molecule has 0 heterocycles. The van der Waals surface area contributed by atoms with Crippen LogP contribution in [0.2, 0.25) is 0 Å². The molecule has 0 amide bonds. The fourth-order valence-electron chi connectivity index (χ4n) is 2.04. The van der Waals surface area contributed by atoms with Gasteiger partial charge in [0.15, 0.2) is 0 Å². The highest BCUT2D eigenvalue weighted by Gasteiger charge is 2.27. The zero-order valence-electron chi connectivity index (χ0n) is 9.91. The fourth-order valence-corrected chi connectivity index (χ4v) is 2.39. The van der Waals surface area contributed by atoms with Crippen molar-refractivity contribution in [3.05, 3.63) is 28.2 Å². The number of rotatable bonds is 4. The van der Waals surface area contributed by atoms with Gasteiger partial charge in [-0.3, -0.25) is 0 Å². The Morgan fingerprint density at radius 1 is 1.50 bits per heavy atom. The van der Waals surface area contributed by atoms with E-state index in [0.29, 0.717) is 0 Å². The van der Waals surface area contributed by atoms with Crippen LogP contribution in [0.4, 0.5) is 5.69 Å². The molecule has 2 nitrogen and oxygen atoms in total. The van der Waals surface area contributed by atoms with Crippen LogP contribution in [0, 0.1) is 0 Å². The van der Waals surface area contributed by atoms with Gasteiger partial charge < -0.3 is 10.6 Å². The number of nitrogens with zero attached hydrogens (tertiary/aromatic N) is 1.